The fourth-order valence-electron chi connectivity index (χ4n) is 3.24. The lowest BCUT2D eigenvalue weighted by Gasteiger charge is -2.26. The topological polar surface area (TPSA) is 72.1 Å². The van der Waals surface area contributed by atoms with Gasteiger partial charge in [0, 0.05) is 25.2 Å². The van der Waals surface area contributed by atoms with E-state index in [1.165, 1.54) is 4.31 Å². The minimum absolute atomic E-state index is 0.308. The molecule has 1 saturated heterocycles. The molecule has 2 aromatic heterocycles. The number of rotatable bonds is 6. The number of hydrogen-bond donors (Lipinski definition) is 0. The molecule has 2 aromatic rings. The molecule has 1 fully saturated rings. The van der Waals surface area contributed by atoms with Gasteiger partial charge in [0.05, 0.1) is 6.20 Å². The number of aromatic nitrogens is 2. The smallest absolute Gasteiger partial charge is 0.254 e. The maximum absolute atomic E-state index is 12.6. The fraction of sp³-hybridized carbons (Fsp3) is 0.444. The van der Waals surface area contributed by atoms with Crippen molar-refractivity contribution in [2.45, 2.75) is 18.7 Å². The Bertz CT molecular complexity index is 799. The van der Waals surface area contributed by atoms with E-state index in [2.05, 4.69) is 25.8 Å². The molecule has 0 bridgehead atoms. The molecule has 0 aromatic carbocycles. The lowest BCUT2D eigenvalue weighted by molar-refractivity contribution is -0.368. The Hall–Kier alpha value is -2.19. The Morgan fingerprint density at radius 3 is 2.00 bits per heavy atom. The molecule has 0 atom stereocenters. The zero-order chi connectivity index (χ0) is 18.6. The van der Waals surface area contributed by atoms with Gasteiger partial charge in [-0.3, -0.25) is 9.80 Å². The molecule has 26 heavy (non-hydrogen) atoms. The summed E-state index contributed by atoms with van der Waals surface area (Å²) in [4.78, 5) is 11.3. The van der Waals surface area contributed by atoms with Crippen LogP contribution in [0, 0.1) is 0 Å². The Morgan fingerprint density at radius 1 is 0.923 bits per heavy atom. The maximum Gasteiger partial charge on any atom is 0.274 e. The molecule has 0 spiro atoms. The van der Waals surface area contributed by atoms with Gasteiger partial charge in [-0.15, -0.1) is 0 Å². The normalized spacial score (nSPS) is 15.5. The molecule has 3 heterocycles. The van der Waals surface area contributed by atoms with Crippen LogP contribution in [0.1, 0.15) is 13.8 Å². The molecular weight excluding hydrogens is 350 g/mol. The molecule has 1 aliphatic rings. The van der Waals surface area contributed by atoms with Gasteiger partial charge in [-0.1, -0.05) is 19.9 Å². The first-order valence-corrected chi connectivity index (χ1v) is 10.5. The van der Waals surface area contributed by atoms with Crippen LogP contribution in [0.3, 0.4) is 0 Å². The summed E-state index contributed by atoms with van der Waals surface area (Å²) in [5.74, 6) is 2.07. The Kier molecular flexibility index (Phi) is 5.73. The second-order valence-electron chi connectivity index (χ2n) is 6.22. The molecule has 0 amide bonds. The van der Waals surface area contributed by atoms with E-state index < -0.39 is 10.0 Å². The predicted octanol–water partition coefficient (Wildman–Crippen LogP) is 0.672. The van der Waals surface area contributed by atoms with Crippen molar-refractivity contribution in [3.05, 3.63) is 42.7 Å². The highest BCUT2D eigenvalue weighted by Gasteiger charge is 2.29. The van der Waals surface area contributed by atoms with Crippen LogP contribution in [0.15, 0.2) is 47.6 Å². The van der Waals surface area contributed by atoms with E-state index in [1.54, 1.807) is 12.3 Å². The molecule has 7 nitrogen and oxygen atoms in total. The zero-order valence-electron chi connectivity index (χ0n) is 15.4. The molecule has 8 heteroatoms. The van der Waals surface area contributed by atoms with E-state index >= 15 is 0 Å². The average Bonchev–Trinajstić information content (AvgIpc) is 2.70. The summed E-state index contributed by atoms with van der Waals surface area (Å²) < 4.78 is 26.6. The quantitative estimate of drug-likeness (QED) is 0.742. The van der Waals surface area contributed by atoms with Gasteiger partial charge in [0.25, 0.3) is 11.6 Å². The third kappa shape index (κ3) is 3.81. The van der Waals surface area contributed by atoms with Crippen molar-refractivity contribution < 1.29 is 18.4 Å². The van der Waals surface area contributed by atoms with Crippen molar-refractivity contribution in [3.8, 4) is 0 Å². The molecule has 3 rings (SSSR count). The van der Waals surface area contributed by atoms with E-state index in [9.17, 15) is 8.42 Å². The van der Waals surface area contributed by atoms with E-state index in [1.807, 2.05) is 38.2 Å². The highest BCUT2D eigenvalue weighted by Crippen LogP contribution is 2.18. The summed E-state index contributed by atoms with van der Waals surface area (Å²) in [6.45, 7) is 8.22. The number of sulfonamides is 1. The first-order chi connectivity index (χ1) is 12.6. The summed E-state index contributed by atoms with van der Waals surface area (Å²) in [6, 6.07) is 9.63. The van der Waals surface area contributed by atoms with Gasteiger partial charge in [-0.2, -0.15) is 4.31 Å². The zero-order valence-corrected chi connectivity index (χ0v) is 16.2. The molecule has 0 unspecified atom stereocenters. The highest BCUT2D eigenvalue weighted by molar-refractivity contribution is 7.89. The summed E-state index contributed by atoms with van der Waals surface area (Å²) >= 11 is 0. The van der Waals surface area contributed by atoms with Crippen LogP contribution in [0.25, 0.3) is 0 Å². The van der Waals surface area contributed by atoms with Gasteiger partial charge in [0.15, 0.2) is 0 Å². The third-order valence-corrected chi connectivity index (χ3v) is 6.81. The Balaban J connectivity index is 1.67. The number of piperazine rings is 1. The number of nitrogens with one attached hydrogen (secondary N) is 2. The van der Waals surface area contributed by atoms with Crippen molar-refractivity contribution in [3.63, 3.8) is 0 Å². The second kappa shape index (κ2) is 8.01. The summed E-state index contributed by atoms with van der Waals surface area (Å²) in [5, 5.41) is 0. The number of H-pyrrole nitrogens is 2. The SMILES string of the molecule is CCN(CC)S(=O)(=O)c1ccc(N2CCN(c3cccc[nH+]3)CC2)[nH+]c1. The first-order valence-electron chi connectivity index (χ1n) is 9.04. The molecule has 0 radical (unpaired) electrons. The Labute approximate surface area is 155 Å². The van der Waals surface area contributed by atoms with E-state index in [4.69, 9.17) is 0 Å². The number of nitrogens with zero attached hydrogens (tertiary/aromatic N) is 3. The maximum atomic E-state index is 12.6. The number of hydrogen-bond acceptors (Lipinski definition) is 4. The summed E-state index contributed by atoms with van der Waals surface area (Å²) in [5.41, 5.74) is 0. The molecule has 1 aliphatic heterocycles. The summed E-state index contributed by atoms with van der Waals surface area (Å²) in [6.07, 6.45) is 3.53. The van der Waals surface area contributed by atoms with E-state index in [0.717, 1.165) is 37.8 Å². The van der Waals surface area contributed by atoms with Crippen LogP contribution in [0.4, 0.5) is 11.6 Å². The van der Waals surface area contributed by atoms with Gasteiger partial charge >= 0.3 is 0 Å². The van der Waals surface area contributed by atoms with Crippen molar-refractivity contribution in [2.24, 2.45) is 0 Å². The van der Waals surface area contributed by atoms with E-state index in [0.29, 0.717) is 18.0 Å². The van der Waals surface area contributed by atoms with Crippen LogP contribution < -0.4 is 19.8 Å². The van der Waals surface area contributed by atoms with Crippen molar-refractivity contribution in [1.82, 2.24) is 4.31 Å². The highest BCUT2D eigenvalue weighted by atomic mass is 32.2. The van der Waals surface area contributed by atoms with Gasteiger partial charge in [-0.25, -0.2) is 18.4 Å². The van der Waals surface area contributed by atoms with Crippen LogP contribution in [-0.4, -0.2) is 52.0 Å². The number of pyridine rings is 2. The van der Waals surface area contributed by atoms with Crippen molar-refractivity contribution in [2.75, 3.05) is 49.1 Å². The molecule has 140 valence electrons. The molecule has 2 N–H and O–H groups in total. The van der Waals surface area contributed by atoms with Gasteiger partial charge in [-0.05, 0) is 12.1 Å². The monoisotopic (exact) mass is 377 g/mol. The van der Waals surface area contributed by atoms with Gasteiger partial charge in [0.1, 0.15) is 37.3 Å². The molecule has 0 saturated carbocycles. The minimum atomic E-state index is -3.42. The first kappa shape index (κ1) is 18.6. The van der Waals surface area contributed by atoms with Crippen LogP contribution >= 0.6 is 0 Å². The third-order valence-electron chi connectivity index (χ3n) is 4.76. The largest absolute Gasteiger partial charge is 0.274 e. The van der Waals surface area contributed by atoms with Crippen molar-refractivity contribution >= 4 is 21.7 Å². The minimum Gasteiger partial charge on any atom is -0.254 e. The Morgan fingerprint density at radius 2 is 1.54 bits per heavy atom. The van der Waals surface area contributed by atoms with Crippen molar-refractivity contribution in [1.29, 1.82) is 0 Å². The molecular formula is C18H27N5O2S+2. The average molecular weight is 378 g/mol. The van der Waals surface area contributed by atoms with Gasteiger partial charge < -0.3 is 0 Å². The standard InChI is InChI=1S/C18H25N5O2S/c1-3-23(4-2)26(24,25)16-8-9-18(20-15-16)22-13-11-21(12-14-22)17-7-5-6-10-19-17/h5-10,15H,3-4,11-14H2,1-2H3/p+2. The number of anilines is 2. The van der Waals surface area contributed by atoms with Crippen LogP contribution in [0.2, 0.25) is 0 Å². The molecule has 0 aliphatic carbocycles. The number of aromatic amines is 2. The fourth-order valence-corrected chi connectivity index (χ4v) is 4.67. The lowest BCUT2D eigenvalue weighted by atomic mass is 10.3. The van der Waals surface area contributed by atoms with Crippen LogP contribution in [-0.2, 0) is 10.0 Å². The van der Waals surface area contributed by atoms with Crippen LogP contribution in [0.5, 0.6) is 0 Å². The lowest BCUT2D eigenvalue weighted by Crippen LogP contribution is -2.49. The summed E-state index contributed by atoms with van der Waals surface area (Å²) in [7, 11) is -3.42. The predicted molar refractivity (Wildman–Crippen MR) is 101 cm³/mol. The van der Waals surface area contributed by atoms with Gasteiger partial charge in [0.2, 0.25) is 10.0 Å². The second-order valence-corrected chi connectivity index (χ2v) is 8.16. The van der Waals surface area contributed by atoms with E-state index in [-0.39, 0.29) is 0 Å².